The second-order valence-electron chi connectivity index (χ2n) is 4.69. The average molecular weight is 256 g/mol. The summed E-state index contributed by atoms with van der Waals surface area (Å²) in [7, 11) is 0. The van der Waals surface area contributed by atoms with Crippen LogP contribution >= 0.6 is 0 Å². The van der Waals surface area contributed by atoms with Gasteiger partial charge in [0, 0.05) is 26.2 Å². The Balaban J connectivity index is 2.14. The van der Waals surface area contributed by atoms with E-state index in [1.807, 2.05) is 20.1 Å². The number of hydrogen-bond acceptors (Lipinski definition) is 4. The summed E-state index contributed by atoms with van der Waals surface area (Å²) in [6, 6.07) is -0.862. The molecule has 0 aliphatic carbocycles. The van der Waals surface area contributed by atoms with Crippen LogP contribution in [0.4, 0.5) is 4.79 Å². The molecule has 2 amide bonds. The van der Waals surface area contributed by atoms with Gasteiger partial charge in [-0.1, -0.05) is 13.8 Å². The van der Waals surface area contributed by atoms with Crippen molar-refractivity contribution in [2.45, 2.75) is 19.9 Å². The van der Waals surface area contributed by atoms with Gasteiger partial charge in [0.05, 0.1) is 19.3 Å². The highest BCUT2D eigenvalue weighted by Gasteiger charge is 2.16. The fourth-order valence-electron chi connectivity index (χ4n) is 1.68. The van der Waals surface area contributed by atoms with E-state index in [1.54, 1.807) is 0 Å². The van der Waals surface area contributed by atoms with E-state index in [4.69, 9.17) is 4.74 Å². The van der Waals surface area contributed by atoms with Crippen LogP contribution in [0.2, 0.25) is 0 Å². The number of nitrogens with one attached hydrogen (secondary N) is 2. The van der Waals surface area contributed by atoms with Gasteiger partial charge in [-0.3, -0.25) is 9.69 Å². The van der Waals surface area contributed by atoms with Gasteiger partial charge in [0.1, 0.15) is 0 Å². The van der Waals surface area contributed by atoms with Crippen molar-refractivity contribution < 1.29 is 14.3 Å². The van der Waals surface area contributed by atoms with Crippen LogP contribution in [0, 0.1) is 5.92 Å². The molecule has 1 fully saturated rings. The van der Waals surface area contributed by atoms with Crippen LogP contribution in [0.15, 0.2) is 0 Å². The van der Waals surface area contributed by atoms with Crippen LogP contribution in [0.1, 0.15) is 13.8 Å². The van der Waals surface area contributed by atoms with Crippen molar-refractivity contribution >= 4 is 12.3 Å². The van der Waals surface area contributed by atoms with E-state index in [0.29, 0.717) is 6.54 Å². The molecule has 6 nitrogen and oxygen atoms in total. The summed E-state index contributed by atoms with van der Waals surface area (Å²) >= 11 is 0. The SMILES string of the molecule is CC(C)[C@@H]([C]=O)NC(=O)NCCN1CCOCC1. The topological polar surface area (TPSA) is 70.7 Å². The summed E-state index contributed by atoms with van der Waals surface area (Å²) in [5, 5.41) is 5.33. The summed E-state index contributed by atoms with van der Waals surface area (Å²) in [6.07, 6.45) is 1.82. The molecule has 1 aliphatic rings. The minimum absolute atomic E-state index is 0.0486. The third-order valence-electron chi connectivity index (χ3n) is 2.90. The first-order chi connectivity index (χ1) is 8.63. The number of urea groups is 1. The van der Waals surface area contributed by atoms with Gasteiger partial charge in [0.15, 0.2) is 0 Å². The molecule has 0 aromatic carbocycles. The van der Waals surface area contributed by atoms with Gasteiger partial charge in [0.2, 0.25) is 6.29 Å². The Labute approximate surface area is 108 Å². The molecule has 0 aromatic heterocycles. The van der Waals surface area contributed by atoms with Crippen LogP contribution in [-0.2, 0) is 9.53 Å². The fraction of sp³-hybridized carbons (Fsp3) is 0.833. The molecular formula is C12H22N3O3. The summed E-state index contributed by atoms with van der Waals surface area (Å²) < 4.78 is 5.24. The van der Waals surface area contributed by atoms with Gasteiger partial charge in [-0.2, -0.15) is 0 Å². The van der Waals surface area contributed by atoms with Crippen molar-refractivity contribution in [3.05, 3.63) is 0 Å². The summed E-state index contributed by atoms with van der Waals surface area (Å²) in [5.41, 5.74) is 0. The third-order valence-corrected chi connectivity index (χ3v) is 2.90. The molecule has 1 saturated heterocycles. The lowest BCUT2D eigenvalue weighted by atomic mass is 10.1. The Morgan fingerprint density at radius 1 is 1.39 bits per heavy atom. The molecule has 0 unspecified atom stereocenters. The number of ether oxygens (including phenoxy) is 1. The quantitative estimate of drug-likeness (QED) is 0.687. The Hall–Kier alpha value is -1.14. The Morgan fingerprint density at radius 3 is 2.61 bits per heavy atom. The largest absolute Gasteiger partial charge is 0.379 e. The van der Waals surface area contributed by atoms with E-state index in [-0.39, 0.29) is 11.9 Å². The molecule has 6 heteroatoms. The summed E-state index contributed by atoms with van der Waals surface area (Å²) in [6.45, 7) is 8.40. The second kappa shape index (κ2) is 8.05. The lowest BCUT2D eigenvalue weighted by molar-refractivity contribution is 0.0387. The molecule has 1 atom stereocenters. The van der Waals surface area contributed by atoms with Crippen molar-refractivity contribution in [3.8, 4) is 0 Å². The summed E-state index contributed by atoms with van der Waals surface area (Å²) in [4.78, 5) is 24.4. The number of rotatable bonds is 6. The first-order valence-electron chi connectivity index (χ1n) is 6.35. The van der Waals surface area contributed by atoms with Crippen LogP contribution in [0.25, 0.3) is 0 Å². The van der Waals surface area contributed by atoms with E-state index in [1.165, 1.54) is 0 Å². The standard InChI is InChI=1S/C12H22N3O3/c1-10(2)11(9-16)14-12(17)13-3-4-15-5-7-18-8-6-15/h10-11H,3-8H2,1-2H3,(H2,13,14,17)/t11-/m1/s1. The molecule has 1 radical (unpaired) electrons. The molecule has 0 bridgehead atoms. The van der Waals surface area contributed by atoms with Gasteiger partial charge in [-0.05, 0) is 5.92 Å². The van der Waals surface area contributed by atoms with Crippen LogP contribution < -0.4 is 10.6 Å². The number of amides is 2. The number of nitrogens with zero attached hydrogens (tertiary/aromatic N) is 1. The highest BCUT2D eigenvalue weighted by Crippen LogP contribution is 1.98. The van der Waals surface area contributed by atoms with Crippen LogP contribution in [-0.4, -0.2) is 62.7 Å². The molecule has 2 N–H and O–H groups in total. The second-order valence-corrected chi connectivity index (χ2v) is 4.69. The maximum Gasteiger partial charge on any atom is 0.315 e. The Bertz CT molecular complexity index is 265. The minimum Gasteiger partial charge on any atom is -0.379 e. The van der Waals surface area contributed by atoms with Gasteiger partial charge >= 0.3 is 6.03 Å². The highest BCUT2D eigenvalue weighted by atomic mass is 16.5. The molecule has 1 heterocycles. The van der Waals surface area contributed by atoms with Gasteiger partial charge in [0.25, 0.3) is 0 Å². The molecule has 0 aromatic rings. The van der Waals surface area contributed by atoms with Crippen molar-refractivity contribution in [3.63, 3.8) is 0 Å². The highest BCUT2D eigenvalue weighted by molar-refractivity contribution is 5.78. The maximum atomic E-state index is 11.5. The molecule has 103 valence electrons. The van der Waals surface area contributed by atoms with Crippen molar-refractivity contribution in [2.24, 2.45) is 5.92 Å². The fourth-order valence-corrected chi connectivity index (χ4v) is 1.68. The van der Waals surface area contributed by atoms with Gasteiger partial charge in [-0.25, -0.2) is 4.79 Å². The Morgan fingerprint density at radius 2 is 2.06 bits per heavy atom. The normalized spacial score (nSPS) is 18.4. The van der Waals surface area contributed by atoms with E-state index >= 15 is 0 Å². The lowest BCUT2D eigenvalue weighted by Crippen LogP contribution is -2.48. The summed E-state index contributed by atoms with van der Waals surface area (Å²) in [5.74, 6) is 0.0486. The third kappa shape index (κ3) is 5.46. The monoisotopic (exact) mass is 256 g/mol. The first-order valence-corrected chi connectivity index (χ1v) is 6.35. The number of carbonyl (C=O) groups is 1. The molecule has 0 spiro atoms. The first kappa shape index (κ1) is 14.9. The zero-order valence-electron chi connectivity index (χ0n) is 11.1. The predicted molar refractivity (Wildman–Crippen MR) is 68.1 cm³/mol. The van der Waals surface area contributed by atoms with Gasteiger partial charge < -0.3 is 15.4 Å². The van der Waals surface area contributed by atoms with E-state index in [0.717, 1.165) is 32.8 Å². The van der Waals surface area contributed by atoms with E-state index < -0.39 is 6.04 Å². The maximum absolute atomic E-state index is 11.5. The molecule has 1 rings (SSSR count). The number of hydrogen-bond donors (Lipinski definition) is 2. The van der Waals surface area contributed by atoms with Gasteiger partial charge in [-0.15, -0.1) is 0 Å². The average Bonchev–Trinajstić information content (AvgIpc) is 2.37. The molecule has 1 aliphatic heterocycles. The van der Waals surface area contributed by atoms with Crippen molar-refractivity contribution in [1.29, 1.82) is 0 Å². The van der Waals surface area contributed by atoms with E-state index in [2.05, 4.69) is 15.5 Å². The predicted octanol–water partition coefficient (Wildman–Crippen LogP) is -0.248. The molecule has 0 saturated carbocycles. The Kier molecular flexibility index (Phi) is 6.67. The molecular weight excluding hydrogens is 234 g/mol. The minimum atomic E-state index is -0.548. The lowest BCUT2D eigenvalue weighted by Gasteiger charge is -2.26. The zero-order valence-corrected chi connectivity index (χ0v) is 11.1. The number of carbonyl (C=O) groups excluding carboxylic acids is 2. The van der Waals surface area contributed by atoms with Crippen LogP contribution in [0.5, 0.6) is 0 Å². The van der Waals surface area contributed by atoms with Crippen molar-refractivity contribution in [1.82, 2.24) is 15.5 Å². The van der Waals surface area contributed by atoms with Crippen molar-refractivity contribution in [2.75, 3.05) is 39.4 Å². The zero-order chi connectivity index (χ0) is 13.4. The van der Waals surface area contributed by atoms with E-state index in [9.17, 15) is 9.59 Å². The molecule has 18 heavy (non-hydrogen) atoms. The van der Waals surface area contributed by atoms with Crippen LogP contribution in [0.3, 0.4) is 0 Å². The number of morpholine rings is 1. The smallest absolute Gasteiger partial charge is 0.315 e.